The molecule has 0 radical (unpaired) electrons. The van der Waals surface area contributed by atoms with Crippen LogP contribution in [0.25, 0.3) is 10.4 Å². The van der Waals surface area contributed by atoms with Crippen molar-refractivity contribution in [1.29, 1.82) is 0 Å². The lowest BCUT2D eigenvalue weighted by molar-refractivity contribution is -0.121. The third-order valence-corrected chi connectivity index (χ3v) is 11.8. The van der Waals surface area contributed by atoms with Crippen molar-refractivity contribution in [3.63, 3.8) is 0 Å². The summed E-state index contributed by atoms with van der Waals surface area (Å²) in [6.45, 7) is 1.32. The number of benzene rings is 1. The number of thiophene rings is 1. The molecule has 0 bridgehead atoms. The van der Waals surface area contributed by atoms with Gasteiger partial charge in [-0.25, -0.2) is 18.2 Å². The molecule has 9 nitrogen and oxygen atoms in total. The Balaban J connectivity index is 1.35. The number of aromatic carboxylic acids is 1. The molecule has 4 heterocycles. The number of pyridine rings is 1. The van der Waals surface area contributed by atoms with Gasteiger partial charge in [0.1, 0.15) is 15.6 Å². The molecular weight excluding hydrogens is 596 g/mol. The molecule has 12 heteroatoms. The van der Waals surface area contributed by atoms with Gasteiger partial charge in [-0.1, -0.05) is 61.2 Å². The summed E-state index contributed by atoms with van der Waals surface area (Å²) in [5.41, 5.74) is 1.20. The molecule has 42 heavy (non-hydrogen) atoms. The number of amides is 1. The highest BCUT2D eigenvalue weighted by Gasteiger charge is 2.44. The second-order valence-corrected chi connectivity index (χ2v) is 14.6. The molecule has 0 spiro atoms. The van der Waals surface area contributed by atoms with Crippen LogP contribution in [0.2, 0.25) is 5.02 Å². The quantitative estimate of drug-likeness (QED) is 0.355. The molecule has 1 aliphatic carbocycles. The maximum absolute atomic E-state index is 13.9. The average molecular weight is 629 g/mol. The van der Waals surface area contributed by atoms with Crippen LogP contribution in [0.3, 0.4) is 0 Å². The SMILES string of the molecule is O=C(O)c1sc(-c2ccccc2)cc1N1C(=O)CN(S(=O)(=O)c2cnc(N3CCCC3)c(Cl)c2)C[C@H]1C1CCCCC1. The van der Waals surface area contributed by atoms with E-state index in [4.69, 9.17) is 11.6 Å². The fourth-order valence-electron chi connectivity index (χ4n) is 6.46. The Morgan fingerprint density at radius 2 is 1.74 bits per heavy atom. The van der Waals surface area contributed by atoms with Crippen molar-refractivity contribution in [3.8, 4) is 10.4 Å². The van der Waals surface area contributed by atoms with Crippen LogP contribution in [0, 0.1) is 5.92 Å². The van der Waals surface area contributed by atoms with Gasteiger partial charge in [0.15, 0.2) is 0 Å². The van der Waals surface area contributed by atoms with Crippen molar-refractivity contribution in [2.75, 3.05) is 36.0 Å². The van der Waals surface area contributed by atoms with Gasteiger partial charge in [-0.05, 0) is 49.3 Å². The molecule has 6 rings (SSSR count). The summed E-state index contributed by atoms with van der Waals surface area (Å²) in [5.74, 6) is -0.932. The number of carboxylic acids is 1. The number of aromatic nitrogens is 1. The van der Waals surface area contributed by atoms with Gasteiger partial charge in [0.2, 0.25) is 15.9 Å². The van der Waals surface area contributed by atoms with Crippen LogP contribution < -0.4 is 9.80 Å². The molecule has 3 aromatic rings. The van der Waals surface area contributed by atoms with E-state index in [0.29, 0.717) is 11.5 Å². The van der Waals surface area contributed by atoms with E-state index in [2.05, 4.69) is 4.98 Å². The Morgan fingerprint density at radius 1 is 1.02 bits per heavy atom. The highest BCUT2D eigenvalue weighted by molar-refractivity contribution is 7.89. The molecule has 0 unspecified atom stereocenters. The van der Waals surface area contributed by atoms with Crippen LogP contribution in [0.15, 0.2) is 53.6 Å². The van der Waals surface area contributed by atoms with E-state index in [0.717, 1.165) is 79.8 Å². The van der Waals surface area contributed by atoms with Gasteiger partial charge in [-0.3, -0.25) is 4.79 Å². The van der Waals surface area contributed by atoms with E-state index < -0.39 is 34.5 Å². The van der Waals surface area contributed by atoms with Crippen LogP contribution in [0.5, 0.6) is 0 Å². The van der Waals surface area contributed by atoms with Gasteiger partial charge in [-0.15, -0.1) is 11.3 Å². The molecule has 1 amide bonds. The number of halogens is 1. The predicted molar refractivity (Wildman–Crippen MR) is 164 cm³/mol. The van der Waals surface area contributed by atoms with Crippen molar-refractivity contribution >= 4 is 56.3 Å². The minimum Gasteiger partial charge on any atom is -0.477 e. The summed E-state index contributed by atoms with van der Waals surface area (Å²) in [7, 11) is -4.09. The van der Waals surface area contributed by atoms with Crippen LogP contribution in [-0.2, 0) is 14.8 Å². The number of hydrogen-bond donors (Lipinski definition) is 1. The van der Waals surface area contributed by atoms with E-state index >= 15 is 0 Å². The first-order valence-electron chi connectivity index (χ1n) is 14.4. The second kappa shape index (κ2) is 11.9. The number of carboxylic acid groups (broad SMARTS) is 1. The summed E-state index contributed by atoms with van der Waals surface area (Å²) in [6.07, 6.45) is 8.15. The molecule has 2 aliphatic heterocycles. The van der Waals surface area contributed by atoms with Crippen molar-refractivity contribution in [1.82, 2.24) is 9.29 Å². The number of carbonyl (C=O) groups excluding carboxylic acids is 1. The van der Waals surface area contributed by atoms with E-state index in [1.807, 2.05) is 35.2 Å². The number of piperazine rings is 1. The third kappa shape index (κ3) is 5.55. The van der Waals surface area contributed by atoms with E-state index in [-0.39, 0.29) is 27.3 Å². The highest BCUT2D eigenvalue weighted by atomic mass is 35.5. The number of sulfonamides is 1. The smallest absolute Gasteiger partial charge is 0.348 e. The van der Waals surface area contributed by atoms with Crippen molar-refractivity contribution in [2.45, 2.75) is 55.9 Å². The Hall–Kier alpha value is -2.99. The molecule has 2 aromatic heterocycles. The number of anilines is 2. The van der Waals surface area contributed by atoms with Crippen LogP contribution in [0.4, 0.5) is 11.5 Å². The monoisotopic (exact) mass is 628 g/mol. The Bertz CT molecular complexity index is 1580. The number of hydrogen-bond acceptors (Lipinski definition) is 7. The zero-order chi connectivity index (χ0) is 29.4. The van der Waals surface area contributed by atoms with E-state index in [1.165, 1.54) is 16.6 Å². The van der Waals surface area contributed by atoms with Gasteiger partial charge in [0, 0.05) is 30.7 Å². The molecule has 1 atom stereocenters. The standard InChI is InChI=1S/C30H33ClN4O5S2/c31-23-15-22(17-32-29(23)33-13-7-8-14-33)42(39,40)34-18-25(20-9-3-1-4-10-20)35(27(36)19-34)24-16-26(41-28(24)30(37)38)21-11-5-2-6-12-21/h2,5-6,11-12,15-17,20,25H,1,3-4,7-10,13-14,18-19H2,(H,37,38)/t25-/m0/s1. The Kier molecular flexibility index (Phi) is 8.28. The van der Waals surface area contributed by atoms with Gasteiger partial charge < -0.3 is 14.9 Å². The first-order chi connectivity index (χ1) is 20.2. The van der Waals surface area contributed by atoms with E-state index in [9.17, 15) is 23.1 Å². The molecule has 3 aliphatic rings. The molecule has 1 aromatic carbocycles. The maximum atomic E-state index is 13.9. The first-order valence-corrected chi connectivity index (χ1v) is 17.0. The first kappa shape index (κ1) is 29.1. The average Bonchev–Trinajstić information content (AvgIpc) is 3.69. The molecular formula is C30H33ClN4O5S2. The topological polar surface area (TPSA) is 111 Å². The summed E-state index contributed by atoms with van der Waals surface area (Å²) in [5, 5.41) is 10.4. The fraction of sp³-hybridized carbons (Fsp3) is 0.433. The second-order valence-electron chi connectivity index (χ2n) is 11.2. The summed E-state index contributed by atoms with van der Waals surface area (Å²) in [6, 6.07) is 12.2. The lowest BCUT2D eigenvalue weighted by Gasteiger charge is -2.44. The Morgan fingerprint density at radius 3 is 2.40 bits per heavy atom. The summed E-state index contributed by atoms with van der Waals surface area (Å²) >= 11 is 7.65. The normalized spacial score (nSPS) is 20.8. The van der Waals surface area contributed by atoms with Crippen molar-refractivity contribution in [3.05, 3.63) is 58.6 Å². The lowest BCUT2D eigenvalue weighted by atomic mass is 9.82. The van der Waals surface area contributed by atoms with Crippen LogP contribution in [-0.4, -0.2) is 66.9 Å². The Labute approximate surface area is 254 Å². The molecule has 1 N–H and O–H groups in total. The molecule has 1 saturated carbocycles. The van der Waals surface area contributed by atoms with Gasteiger partial charge in [-0.2, -0.15) is 4.31 Å². The van der Waals surface area contributed by atoms with E-state index in [1.54, 1.807) is 11.0 Å². The van der Waals surface area contributed by atoms with Crippen molar-refractivity contribution in [2.24, 2.45) is 5.92 Å². The minimum atomic E-state index is -4.09. The maximum Gasteiger partial charge on any atom is 0.348 e. The van der Waals surface area contributed by atoms with Crippen molar-refractivity contribution < 1.29 is 23.1 Å². The van der Waals surface area contributed by atoms with Gasteiger partial charge in [0.05, 0.1) is 23.3 Å². The van der Waals surface area contributed by atoms with Crippen LogP contribution in [0.1, 0.15) is 54.6 Å². The number of nitrogens with zero attached hydrogens (tertiary/aromatic N) is 4. The molecule has 2 saturated heterocycles. The third-order valence-electron chi connectivity index (χ3n) is 8.56. The van der Waals surface area contributed by atoms with Gasteiger partial charge >= 0.3 is 5.97 Å². The lowest BCUT2D eigenvalue weighted by Crippen LogP contribution is -2.60. The summed E-state index contributed by atoms with van der Waals surface area (Å²) in [4.78, 5) is 35.1. The van der Waals surface area contributed by atoms with Gasteiger partial charge in [0.25, 0.3) is 0 Å². The largest absolute Gasteiger partial charge is 0.477 e. The van der Waals surface area contributed by atoms with Crippen LogP contribution >= 0.6 is 22.9 Å². The highest BCUT2D eigenvalue weighted by Crippen LogP contribution is 2.42. The summed E-state index contributed by atoms with van der Waals surface area (Å²) < 4.78 is 29.0. The number of rotatable bonds is 7. The zero-order valence-corrected chi connectivity index (χ0v) is 25.5. The number of carbonyl (C=O) groups is 2. The fourth-order valence-corrected chi connectivity index (χ4v) is 9.19. The zero-order valence-electron chi connectivity index (χ0n) is 23.1. The molecule has 3 fully saturated rings. The molecule has 222 valence electrons. The minimum absolute atomic E-state index is 0.0432. The predicted octanol–water partition coefficient (Wildman–Crippen LogP) is 5.75.